The molecule has 0 spiro atoms. The third kappa shape index (κ3) is 4.05. The molecule has 118 valence electrons. The minimum Gasteiger partial charge on any atom is -0.478 e. The summed E-state index contributed by atoms with van der Waals surface area (Å²) in [5.74, 6) is -0.0633. The number of nitrogens with one attached hydrogen (secondary N) is 1. The van der Waals surface area contributed by atoms with E-state index in [0.29, 0.717) is 5.56 Å². The molecular weight excluding hydrogens is 284 g/mol. The minimum absolute atomic E-state index is 0.241. The SMILES string of the molecule is CC1CCCC(CNCc2cc(C(=O)O)cs2)(N(C)C)C1. The van der Waals surface area contributed by atoms with Crippen LogP contribution in [0.2, 0.25) is 0 Å². The van der Waals surface area contributed by atoms with E-state index in [1.54, 1.807) is 11.4 Å². The maximum Gasteiger partial charge on any atom is 0.336 e. The number of aromatic carboxylic acids is 1. The summed E-state index contributed by atoms with van der Waals surface area (Å²) < 4.78 is 0. The highest BCUT2D eigenvalue weighted by Crippen LogP contribution is 2.35. The summed E-state index contributed by atoms with van der Waals surface area (Å²) in [6, 6.07) is 1.77. The third-order valence-electron chi connectivity index (χ3n) is 4.67. The molecule has 2 rings (SSSR count). The summed E-state index contributed by atoms with van der Waals surface area (Å²) in [7, 11) is 4.35. The van der Waals surface area contributed by atoms with Crippen molar-refractivity contribution >= 4 is 17.3 Å². The summed E-state index contributed by atoms with van der Waals surface area (Å²) in [6.45, 7) is 4.06. The number of hydrogen-bond acceptors (Lipinski definition) is 4. The molecule has 2 atom stereocenters. The first-order chi connectivity index (χ1) is 9.93. The van der Waals surface area contributed by atoms with Gasteiger partial charge in [0.1, 0.15) is 0 Å². The second-order valence-electron chi connectivity index (χ2n) is 6.53. The molecule has 0 amide bonds. The predicted molar refractivity (Wildman–Crippen MR) is 87.0 cm³/mol. The van der Waals surface area contributed by atoms with Gasteiger partial charge in [-0.2, -0.15) is 0 Å². The van der Waals surface area contributed by atoms with Gasteiger partial charge in [0.2, 0.25) is 0 Å². The van der Waals surface area contributed by atoms with Crippen LogP contribution in [0.1, 0.15) is 47.8 Å². The Morgan fingerprint density at radius 3 is 2.90 bits per heavy atom. The molecule has 2 unspecified atom stereocenters. The fraction of sp³-hybridized carbons (Fsp3) is 0.688. The summed E-state index contributed by atoms with van der Waals surface area (Å²) in [6.07, 6.45) is 5.10. The average molecular weight is 310 g/mol. The number of rotatable bonds is 6. The van der Waals surface area contributed by atoms with Crippen molar-refractivity contribution in [3.63, 3.8) is 0 Å². The molecule has 1 aromatic heterocycles. The smallest absolute Gasteiger partial charge is 0.336 e. The number of likely N-dealkylation sites (N-methyl/N-ethyl adjacent to an activating group) is 1. The molecule has 21 heavy (non-hydrogen) atoms. The van der Waals surface area contributed by atoms with Crippen LogP contribution < -0.4 is 5.32 Å². The summed E-state index contributed by atoms with van der Waals surface area (Å²) >= 11 is 1.52. The van der Waals surface area contributed by atoms with Crippen LogP contribution in [0.5, 0.6) is 0 Å². The zero-order valence-electron chi connectivity index (χ0n) is 13.2. The van der Waals surface area contributed by atoms with Crippen molar-refractivity contribution < 1.29 is 9.90 Å². The van der Waals surface area contributed by atoms with Crippen LogP contribution in [0, 0.1) is 5.92 Å². The Hall–Kier alpha value is -0.910. The number of hydrogen-bond donors (Lipinski definition) is 2. The van der Waals surface area contributed by atoms with Crippen LogP contribution in [0.25, 0.3) is 0 Å². The van der Waals surface area contributed by atoms with Gasteiger partial charge in [0, 0.05) is 28.9 Å². The van der Waals surface area contributed by atoms with Crippen LogP contribution in [0.3, 0.4) is 0 Å². The van der Waals surface area contributed by atoms with E-state index in [1.807, 2.05) is 0 Å². The van der Waals surface area contributed by atoms with Crippen LogP contribution in [-0.4, -0.2) is 42.2 Å². The zero-order valence-corrected chi connectivity index (χ0v) is 14.0. The second-order valence-corrected chi connectivity index (χ2v) is 7.53. The molecular formula is C16H26N2O2S. The number of carboxylic acid groups (broad SMARTS) is 1. The topological polar surface area (TPSA) is 52.6 Å². The number of thiophene rings is 1. The van der Waals surface area contributed by atoms with E-state index < -0.39 is 5.97 Å². The third-order valence-corrected chi connectivity index (χ3v) is 5.61. The first-order valence-electron chi connectivity index (χ1n) is 7.62. The number of nitrogens with zero attached hydrogens (tertiary/aromatic N) is 1. The highest BCUT2D eigenvalue weighted by molar-refractivity contribution is 7.10. The van der Waals surface area contributed by atoms with Gasteiger partial charge in [0.25, 0.3) is 0 Å². The van der Waals surface area contributed by atoms with Gasteiger partial charge in [-0.1, -0.05) is 19.8 Å². The molecule has 5 heteroatoms. The average Bonchev–Trinajstić information content (AvgIpc) is 2.87. The van der Waals surface area contributed by atoms with E-state index in [9.17, 15) is 4.79 Å². The molecule has 0 saturated heterocycles. The van der Waals surface area contributed by atoms with Crippen LogP contribution in [-0.2, 0) is 6.54 Å². The van der Waals surface area contributed by atoms with Crippen molar-refractivity contribution in [1.82, 2.24) is 10.2 Å². The van der Waals surface area contributed by atoms with Crippen molar-refractivity contribution in [1.29, 1.82) is 0 Å². The van der Waals surface area contributed by atoms with Gasteiger partial charge in [-0.25, -0.2) is 4.79 Å². The van der Waals surface area contributed by atoms with Crippen LogP contribution in [0.4, 0.5) is 0 Å². The van der Waals surface area contributed by atoms with Gasteiger partial charge in [-0.15, -0.1) is 11.3 Å². The largest absolute Gasteiger partial charge is 0.478 e. The Labute approximate surface area is 131 Å². The molecule has 4 nitrogen and oxygen atoms in total. The molecule has 2 N–H and O–H groups in total. The molecule has 0 bridgehead atoms. The van der Waals surface area contributed by atoms with E-state index in [1.165, 1.54) is 37.0 Å². The second kappa shape index (κ2) is 6.90. The van der Waals surface area contributed by atoms with Gasteiger partial charge in [0.15, 0.2) is 0 Å². The molecule has 1 aromatic rings. The Morgan fingerprint density at radius 2 is 2.33 bits per heavy atom. The van der Waals surface area contributed by atoms with Gasteiger partial charge in [-0.05, 0) is 38.9 Å². The standard InChI is InChI=1S/C16H26N2O2S/c1-12-5-4-6-16(8-12,18(2)3)11-17-9-14-7-13(10-21-14)15(19)20/h7,10,12,17H,4-6,8-9,11H2,1-3H3,(H,19,20). The monoisotopic (exact) mass is 310 g/mol. The molecule has 1 saturated carbocycles. The lowest BCUT2D eigenvalue weighted by Crippen LogP contribution is -2.54. The Bertz CT molecular complexity index is 486. The normalized spacial score (nSPS) is 26.2. The predicted octanol–water partition coefficient (Wildman–Crippen LogP) is 3.05. The van der Waals surface area contributed by atoms with E-state index in [2.05, 4.69) is 31.2 Å². The molecule has 1 fully saturated rings. The Morgan fingerprint density at radius 1 is 1.57 bits per heavy atom. The lowest BCUT2D eigenvalue weighted by Gasteiger charge is -2.45. The molecule has 1 heterocycles. The van der Waals surface area contributed by atoms with Gasteiger partial charge >= 0.3 is 5.97 Å². The van der Waals surface area contributed by atoms with Crippen LogP contribution >= 0.6 is 11.3 Å². The molecule has 1 aliphatic carbocycles. The van der Waals surface area contributed by atoms with Crippen LogP contribution in [0.15, 0.2) is 11.4 Å². The van der Waals surface area contributed by atoms with Gasteiger partial charge < -0.3 is 15.3 Å². The first kappa shape index (κ1) is 16.5. The lowest BCUT2D eigenvalue weighted by atomic mass is 9.75. The maximum absolute atomic E-state index is 10.9. The van der Waals surface area contributed by atoms with Crippen molar-refractivity contribution in [2.75, 3.05) is 20.6 Å². The Balaban J connectivity index is 1.91. The summed E-state index contributed by atoms with van der Waals surface area (Å²) in [5, 5.41) is 14.2. The Kier molecular flexibility index (Phi) is 5.41. The van der Waals surface area contributed by atoms with Gasteiger partial charge in [-0.3, -0.25) is 0 Å². The van der Waals surface area contributed by atoms with E-state index in [4.69, 9.17) is 5.11 Å². The van der Waals surface area contributed by atoms with Crippen molar-refractivity contribution in [3.05, 3.63) is 21.9 Å². The fourth-order valence-electron chi connectivity index (χ4n) is 3.36. The first-order valence-corrected chi connectivity index (χ1v) is 8.50. The number of carboxylic acids is 1. The molecule has 1 aliphatic rings. The van der Waals surface area contributed by atoms with Gasteiger partial charge in [0.05, 0.1) is 5.56 Å². The molecule has 0 aromatic carbocycles. The maximum atomic E-state index is 10.9. The summed E-state index contributed by atoms with van der Waals surface area (Å²) in [4.78, 5) is 14.3. The van der Waals surface area contributed by atoms with E-state index in [0.717, 1.165) is 23.9 Å². The highest BCUT2D eigenvalue weighted by Gasteiger charge is 2.36. The number of carbonyl (C=O) groups is 1. The van der Waals surface area contributed by atoms with Crippen molar-refractivity contribution in [2.45, 2.75) is 44.7 Å². The minimum atomic E-state index is -0.844. The quantitative estimate of drug-likeness (QED) is 0.848. The van der Waals surface area contributed by atoms with Crippen molar-refractivity contribution in [2.24, 2.45) is 5.92 Å². The molecule has 0 aliphatic heterocycles. The van der Waals surface area contributed by atoms with E-state index in [-0.39, 0.29) is 5.54 Å². The summed E-state index contributed by atoms with van der Waals surface area (Å²) in [5.41, 5.74) is 0.635. The molecule has 0 radical (unpaired) electrons. The van der Waals surface area contributed by atoms with E-state index >= 15 is 0 Å². The highest BCUT2D eigenvalue weighted by atomic mass is 32.1. The lowest BCUT2D eigenvalue weighted by molar-refractivity contribution is 0.0697. The fourth-order valence-corrected chi connectivity index (χ4v) is 4.19. The van der Waals surface area contributed by atoms with Crippen molar-refractivity contribution in [3.8, 4) is 0 Å². The zero-order chi connectivity index (χ0) is 15.5.